The molecule has 1 aromatic heterocycles. The first-order valence-electron chi connectivity index (χ1n) is 4.93. The number of anilines is 1. The van der Waals surface area contributed by atoms with E-state index in [4.69, 9.17) is 5.73 Å². The lowest BCUT2D eigenvalue weighted by atomic mass is 10.2. The third-order valence-corrected chi connectivity index (χ3v) is 4.28. The van der Waals surface area contributed by atoms with Gasteiger partial charge in [0.05, 0.1) is 5.75 Å². The number of aryl methyl sites for hydroxylation is 2. The molecule has 0 aliphatic carbocycles. The summed E-state index contributed by atoms with van der Waals surface area (Å²) >= 11 is 3.23. The Labute approximate surface area is 103 Å². The van der Waals surface area contributed by atoms with E-state index in [0.717, 1.165) is 10.8 Å². The van der Waals surface area contributed by atoms with Gasteiger partial charge >= 0.3 is 0 Å². The van der Waals surface area contributed by atoms with E-state index < -0.39 is 0 Å². The van der Waals surface area contributed by atoms with Crippen molar-refractivity contribution in [2.45, 2.75) is 24.5 Å². The van der Waals surface area contributed by atoms with Crippen molar-refractivity contribution >= 4 is 28.2 Å². The van der Waals surface area contributed by atoms with E-state index in [0.29, 0.717) is 5.13 Å². The van der Waals surface area contributed by atoms with Gasteiger partial charge in [0.2, 0.25) is 5.13 Å². The standard InChI is InChI=1S/C11H13N3S2/c1-7-3-4-8(2)9(5-7)15-6-10-13-14-11(12)16-10/h3-5H,6H2,1-2H3,(H2,12,14). The first-order chi connectivity index (χ1) is 7.65. The van der Waals surface area contributed by atoms with Gasteiger partial charge in [-0.2, -0.15) is 0 Å². The molecular weight excluding hydrogens is 238 g/mol. The molecule has 0 radical (unpaired) electrons. The van der Waals surface area contributed by atoms with Crippen LogP contribution in [0.3, 0.4) is 0 Å². The fraction of sp³-hybridized carbons (Fsp3) is 0.273. The predicted molar refractivity (Wildman–Crippen MR) is 69.8 cm³/mol. The monoisotopic (exact) mass is 251 g/mol. The van der Waals surface area contributed by atoms with Crippen LogP contribution in [0.25, 0.3) is 0 Å². The van der Waals surface area contributed by atoms with Crippen LogP contribution in [-0.4, -0.2) is 10.2 Å². The molecule has 0 saturated heterocycles. The molecule has 2 rings (SSSR count). The summed E-state index contributed by atoms with van der Waals surface area (Å²) in [6.07, 6.45) is 0. The summed E-state index contributed by atoms with van der Waals surface area (Å²) in [5.41, 5.74) is 8.12. The van der Waals surface area contributed by atoms with Gasteiger partial charge in [-0.3, -0.25) is 0 Å². The van der Waals surface area contributed by atoms with Crippen LogP contribution < -0.4 is 5.73 Å². The van der Waals surface area contributed by atoms with Crippen LogP contribution in [0, 0.1) is 13.8 Å². The number of hydrogen-bond donors (Lipinski definition) is 1. The Morgan fingerprint density at radius 2 is 2.12 bits per heavy atom. The molecule has 0 amide bonds. The number of aromatic nitrogens is 2. The van der Waals surface area contributed by atoms with Gasteiger partial charge in [0.1, 0.15) is 5.01 Å². The molecule has 0 saturated carbocycles. The van der Waals surface area contributed by atoms with Crippen LogP contribution in [0.15, 0.2) is 23.1 Å². The van der Waals surface area contributed by atoms with Crippen LogP contribution in [0.2, 0.25) is 0 Å². The zero-order valence-corrected chi connectivity index (χ0v) is 10.9. The van der Waals surface area contributed by atoms with Crippen LogP contribution in [-0.2, 0) is 5.75 Å². The Morgan fingerprint density at radius 3 is 2.81 bits per heavy atom. The van der Waals surface area contributed by atoms with Crippen molar-refractivity contribution in [3.05, 3.63) is 34.3 Å². The second kappa shape index (κ2) is 4.84. The number of rotatable bonds is 3. The van der Waals surface area contributed by atoms with Crippen molar-refractivity contribution in [1.29, 1.82) is 0 Å². The van der Waals surface area contributed by atoms with Crippen LogP contribution in [0.1, 0.15) is 16.1 Å². The largest absolute Gasteiger partial charge is 0.374 e. The van der Waals surface area contributed by atoms with Gasteiger partial charge in [0, 0.05) is 4.90 Å². The molecule has 3 nitrogen and oxygen atoms in total. The van der Waals surface area contributed by atoms with Crippen LogP contribution >= 0.6 is 23.1 Å². The number of benzene rings is 1. The molecule has 0 fully saturated rings. The second-order valence-electron chi connectivity index (χ2n) is 3.59. The van der Waals surface area contributed by atoms with Gasteiger partial charge < -0.3 is 5.73 Å². The van der Waals surface area contributed by atoms with Crippen molar-refractivity contribution in [3.8, 4) is 0 Å². The van der Waals surface area contributed by atoms with E-state index in [1.807, 2.05) is 0 Å². The van der Waals surface area contributed by atoms with Crippen molar-refractivity contribution < 1.29 is 0 Å². The molecule has 16 heavy (non-hydrogen) atoms. The first-order valence-corrected chi connectivity index (χ1v) is 6.73. The molecule has 5 heteroatoms. The van der Waals surface area contributed by atoms with E-state index >= 15 is 0 Å². The van der Waals surface area contributed by atoms with E-state index in [1.54, 1.807) is 11.8 Å². The summed E-state index contributed by atoms with van der Waals surface area (Å²) in [5, 5.41) is 9.32. The van der Waals surface area contributed by atoms with Crippen molar-refractivity contribution in [1.82, 2.24) is 10.2 Å². The normalized spacial score (nSPS) is 10.6. The number of hydrogen-bond acceptors (Lipinski definition) is 5. The fourth-order valence-electron chi connectivity index (χ4n) is 1.33. The Balaban J connectivity index is 2.07. The summed E-state index contributed by atoms with van der Waals surface area (Å²) in [4.78, 5) is 1.30. The molecule has 0 aliphatic heterocycles. The molecular formula is C11H13N3S2. The molecule has 84 valence electrons. The van der Waals surface area contributed by atoms with Gasteiger partial charge in [0.25, 0.3) is 0 Å². The quantitative estimate of drug-likeness (QED) is 0.852. The van der Waals surface area contributed by atoms with E-state index in [2.05, 4.69) is 42.2 Å². The molecule has 2 aromatic rings. The Morgan fingerprint density at radius 1 is 1.31 bits per heavy atom. The van der Waals surface area contributed by atoms with E-state index in [-0.39, 0.29) is 0 Å². The summed E-state index contributed by atoms with van der Waals surface area (Å²) in [5.74, 6) is 0.832. The summed E-state index contributed by atoms with van der Waals surface area (Å²) < 4.78 is 0. The van der Waals surface area contributed by atoms with Gasteiger partial charge in [0.15, 0.2) is 0 Å². The molecule has 0 aliphatic rings. The van der Waals surface area contributed by atoms with E-state index in [1.165, 1.54) is 27.4 Å². The van der Waals surface area contributed by atoms with Gasteiger partial charge in [-0.25, -0.2) is 0 Å². The highest BCUT2D eigenvalue weighted by Gasteiger charge is 2.04. The van der Waals surface area contributed by atoms with E-state index in [9.17, 15) is 0 Å². The Hall–Kier alpha value is -1.07. The molecule has 2 N–H and O–H groups in total. The van der Waals surface area contributed by atoms with Crippen molar-refractivity contribution in [2.24, 2.45) is 0 Å². The van der Waals surface area contributed by atoms with Crippen molar-refractivity contribution in [3.63, 3.8) is 0 Å². The highest BCUT2D eigenvalue weighted by Crippen LogP contribution is 2.28. The van der Waals surface area contributed by atoms with Crippen LogP contribution in [0.5, 0.6) is 0 Å². The minimum atomic E-state index is 0.538. The number of nitrogens with two attached hydrogens (primary N) is 1. The predicted octanol–water partition coefficient (Wildman–Crippen LogP) is 3.03. The second-order valence-corrected chi connectivity index (χ2v) is 5.70. The fourth-order valence-corrected chi connectivity index (χ4v) is 3.05. The van der Waals surface area contributed by atoms with Gasteiger partial charge in [-0.1, -0.05) is 29.0 Å². The molecule has 0 unspecified atom stereocenters. The number of nitrogens with zero attached hydrogens (tertiary/aromatic N) is 2. The zero-order valence-electron chi connectivity index (χ0n) is 9.23. The zero-order chi connectivity index (χ0) is 11.5. The minimum Gasteiger partial charge on any atom is -0.374 e. The average Bonchev–Trinajstić information content (AvgIpc) is 2.66. The maximum Gasteiger partial charge on any atom is 0.203 e. The topological polar surface area (TPSA) is 51.8 Å². The third-order valence-electron chi connectivity index (χ3n) is 2.18. The average molecular weight is 251 g/mol. The lowest BCUT2D eigenvalue weighted by Crippen LogP contribution is -1.84. The highest BCUT2D eigenvalue weighted by atomic mass is 32.2. The summed E-state index contributed by atoms with van der Waals surface area (Å²) in [6, 6.07) is 6.47. The van der Waals surface area contributed by atoms with Gasteiger partial charge in [-0.15, -0.1) is 22.0 Å². The lowest BCUT2D eigenvalue weighted by molar-refractivity contribution is 1.05. The molecule has 0 atom stereocenters. The third kappa shape index (κ3) is 2.74. The summed E-state index contributed by atoms with van der Waals surface area (Å²) in [7, 11) is 0. The SMILES string of the molecule is Cc1ccc(C)c(SCc2nnc(N)s2)c1. The highest BCUT2D eigenvalue weighted by molar-refractivity contribution is 7.98. The lowest BCUT2D eigenvalue weighted by Gasteiger charge is -2.04. The summed E-state index contributed by atoms with van der Waals surface area (Å²) in [6.45, 7) is 4.22. The minimum absolute atomic E-state index is 0.538. The first kappa shape index (κ1) is 11.4. The molecule has 0 bridgehead atoms. The maximum absolute atomic E-state index is 5.54. The smallest absolute Gasteiger partial charge is 0.203 e. The Kier molecular flexibility index (Phi) is 3.46. The van der Waals surface area contributed by atoms with Gasteiger partial charge in [-0.05, 0) is 25.5 Å². The molecule has 1 aromatic carbocycles. The number of thioether (sulfide) groups is 1. The van der Waals surface area contributed by atoms with Crippen molar-refractivity contribution in [2.75, 3.05) is 5.73 Å². The van der Waals surface area contributed by atoms with Crippen LogP contribution in [0.4, 0.5) is 5.13 Å². The molecule has 1 heterocycles. The number of nitrogen functional groups attached to an aromatic ring is 1. The Bertz CT molecular complexity index is 494. The molecule has 0 spiro atoms. The maximum atomic E-state index is 5.54.